The third-order valence-electron chi connectivity index (χ3n) is 5.60. The Bertz CT molecular complexity index is 679. The fourth-order valence-corrected chi connectivity index (χ4v) is 4.25. The van der Waals surface area contributed by atoms with E-state index in [1.165, 1.54) is 13.5 Å². The molecular weight excluding hydrogens is 352 g/mol. The molecule has 2 aliphatic heterocycles. The van der Waals surface area contributed by atoms with Crippen LogP contribution in [0.1, 0.15) is 49.4 Å². The quantitative estimate of drug-likeness (QED) is 0.804. The van der Waals surface area contributed by atoms with Crippen LogP contribution in [0, 0.1) is 5.92 Å². The Labute approximate surface area is 160 Å². The Hall–Kier alpha value is -1.75. The summed E-state index contributed by atoms with van der Waals surface area (Å²) in [5.41, 5.74) is 0.421. The standard InChI is InChI=1S/C20H27ClN2O3/c1-3-14-6-4-10-22(13-14)20(25)17-7-5-11-23(17)19(24)16-12-15(21)8-9-18(16)26-2/h8-9,12,14,17H,3-7,10-11,13H2,1-2H3/t14-,17-/m0/s1. The molecule has 1 aromatic rings. The number of halogens is 1. The molecule has 0 N–H and O–H groups in total. The van der Waals surface area contributed by atoms with Gasteiger partial charge >= 0.3 is 0 Å². The first-order chi connectivity index (χ1) is 12.5. The predicted octanol–water partition coefficient (Wildman–Crippen LogP) is 3.60. The number of hydrogen-bond donors (Lipinski definition) is 0. The minimum Gasteiger partial charge on any atom is -0.496 e. The van der Waals surface area contributed by atoms with E-state index in [9.17, 15) is 9.59 Å². The number of carbonyl (C=O) groups is 2. The lowest BCUT2D eigenvalue weighted by Crippen LogP contribution is -2.50. The van der Waals surface area contributed by atoms with E-state index in [1.807, 2.05) is 4.90 Å². The summed E-state index contributed by atoms with van der Waals surface area (Å²) in [5, 5.41) is 0.484. The van der Waals surface area contributed by atoms with E-state index in [2.05, 4.69) is 6.92 Å². The number of ether oxygens (including phenoxy) is 1. The fourth-order valence-electron chi connectivity index (χ4n) is 4.08. The maximum Gasteiger partial charge on any atom is 0.258 e. The molecule has 142 valence electrons. The number of benzene rings is 1. The zero-order valence-corrected chi connectivity index (χ0v) is 16.3. The average molecular weight is 379 g/mol. The Morgan fingerprint density at radius 1 is 1.23 bits per heavy atom. The second-order valence-corrected chi connectivity index (χ2v) is 7.64. The molecule has 2 aliphatic rings. The highest BCUT2D eigenvalue weighted by molar-refractivity contribution is 6.31. The highest BCUT2D eigenvalue weighted by atomic mass is 35.5. The Morgan fingerprint density at radius 3 is 2.73 bits per heavy atom. The molecule has 0 radical (unpaired) electrons. The van der Waals surface area contributed by atoms with Gasteiger partial charge in [-0.25, -0.2) is 0 Å². The Kier molecular flexibility index (Phi) is 6.07. The summed E-state index contributed by atoms with van der Waals surface area (Å²) in [6, 6.07) is 4.64. The van der Waals surface area contributed by atoms with Crippen molar-refractivity contribution in [2.75, 3.05) is 26.7 Å². The van der Waals surface area contributed by atoms with Gasteiger partial charge in [-0.05, 0) is 49.8 Å². The van der Waals surface area contributed by atoms with Crippen LogP contribution >= 0.6 is 11.6 Å². The number of hydrogen-bond acceptors (Lipinski definition) is 3. The van der Waals surface area contributed by atoms with Crippen molar-refractivity contribution in [1.29, 1.82) is 0 Å². The van der Waals surface area contributed by atoms with Crippen LogP contribution in [0.25, 0.3) is 0 Å². The van der Waals surface area contributed by atoms with Gasteiger partial charge in [-0.2, -0.15) is 0 Å². The van der Waals surface area contributed by atoms with Crippen molar-refractivity contribution in [2.24, 2.45) is 5.92 Å². The van der Waals surface area contributed by atoms with Gasteiger partial charge < -0.3 is 14.5 Å². The zero-order chi connectivity index (χ0) is 18.7. The predicted molar refractivity (Wildman–Crippen MR) is 102 cm³/mol. The van der Waals surface area contributed by atoms with Crippen molar-refractivity contribution in [2.45, 2.75) is 45.1 Å². The van der Waals surface area contributed by atoms with Crippen LogP contribution in [0.15, 0.2) is 18.2 Å². The van der Waals surface area contributed by atoms with Gasteiger partial charge in [0, 0.05) is 24.7 Å². The molecule has 0 bridgehead atoms. The molecule has 2 saturated heterocycles. The zero-order valence-electron chi connectivity index (χ0n) is 15.5. The molecule has 5 nitrogen and oxygen atoms in total. The highest BCUT2D eigenvalue weighted by Crippen LogP contribution is 2.29. The smallest absolute Gasteiger partial charge is 0.258 e. The summed E-state index contributed by atoms with van der Waals surface area (Å²) in [5.74, 6) is 0.979. The van der Waals surface area contributed by atoms with Crippen LogP contribution in [0.3, 0.4) is 0 Å². The van der Waals surface area contributed by atoms with Crippen LogP contribution in [-0.2, 0) is 4.79 Å². The topological polar surface area (TPSA) is 49.9 Å². The molecule has 0 spiro atoms. The normalized spacial score (nSPS) is 23.2. The second-order valence-electron chi connectivity index (χ2n) is 7.20. The molecule has 2 amide bonds. The maximum absolute atomic E-state index is 13.1. The lowest BCUT2D eigenvalue weighted by atomic mass is 9.95. The number of rotatable bonds is 4. The average Bonchev–Trinajstić information content (AvgIpc) is 3.16. The molecule has 2 fully saturated rings. The van der Waals surface area contributed by atoms with E-state index in [4.69, 9.17) is 16.3 Å². The highest BCUT2D eigenvalue weighted by Gasteiger charge is 2.38. The minimum atomic E-state index is -0.373. The van der Waals surface area contributed by atoms with Gasteiger partial charge in [-0.1, -0.05) is 24.9 Å². The van der Waals surface area contributed by atoms with Gasteiger partial charge in [0.1, 0.15) is 11.8 Å². The van der Waals surface area contributed by atoms with Crippen molar-refractivity contribution in [3.8, 4) is 5.75 Å². The summed E-state index contributed by atoms with van der Waals surface area (Å²) < 4.78 is 5.32. The molecule has 26 heavy (non-hydrogen) atoms. The number of methoxy groups -OCH3 is 1. The minimum absolute atomic E-state index is 0.0926. The first kappa shape index (κ1) is 19.0. The van der Waals surface area contributed by atoms with Crippen molar-refractivity contribution < 1.29 is 14.3 Å². The summed E-state index contributed by atoms with van der Waals surface area (Å²) in [6.45, 7) is 4.38. The number of piperidine rings is 1. The number of amides is 2. The van der Waals surface area contributed by atoms with Gasteiger partial charge in [0.05, 0.1) is 12.7 Å². The molecule has 0 unspecified atom stereocenters. The maximum atomic E-state index is 13.1. The third kappa shape index (κ3) is 3.83. The Morgan fingerprint density at radius 2 is 2.00 bits per heavy atom. The van der Waals surface area contributed by atoms with Crippen LogP contribution < -0.4 is 4.74 Å². The third-order valence-corrected chi connectivity index (χ3v) is 5.83. The summed E-state index contributed by atoms with van der Waals surface area (Å²) >= 11 is 6.08. The van der Waals surface area contributed by atoms with E-state index >= 15 is 0 Å². The number of likely N-dealkylation sites (tertiary alicyclic amines) is 2. The van der Waals surface area contributed by atoms with Gasteiger partial charge in [0.2, 0.25) is 5.91 Å². The molecular formula is C20H27ClN2O3. The van der Waals surface area contributed by atoms with Gasteiger partial charge in [0.15, 0.2) is 0 Å². The van der Waals surface area contributed by atoms with Crippen LogP contribution in [-0.4, -0.2) is 54.4 Å². The van der Waals surface area contributed by atoms with Crippen LogP contribution in [0.5, 0.6) is 5.75 Å². The van der Waals surface area contributed by atoms with E-state index in [0.717, 1.165) is 38.8 Å². The number of nitrogens with zero attached hydrogens (tertiary/aromatic N) is 2. The van der Waals surface area contributed by atoms with Crippen LogP contribution in [0.2, 0.25) is 5.02 Å². The van der Waals surface area contributed by atoms with Crippen molar-refractivity contribution in [3.63, 3.8) is 0 Å². The number of carbonyl (C=O) groups excluding carboxylic acids is 2. The first-order valence-corrected chi connectivity index (χ1v) is 9.86. The fraction of sp³-hybridized carbons (Fsp3) is 0.600. The van der Waals surface area contributed by atoms with Crippen molar-refractivity contribution in [1.82, 2.24) is 9.80 Å². The van der Waals surface area contributed by atoms with Gasteiger partial charge in [-0.15, -0.1) is 0 Å². The SMILES string of the molecule is CC[C@H]1CCCN(C(=O)[C@@H]2CCCN2C(=O)c2cc(Cl)ccc2OC)C1. The Balaban J connectivity index is 1.78. The van der Waals surface area contributed by atoms with Crippen LogP contribution in [0.4, 0.5) is 0 Å². The van der Waals surface area contributed by atoms with E-state index in [0.29, 0.717) is 28.8 Å². The molecule has 0 aliphatic carbocycles. The lowest BCUT2D eigenvalue weighted by Gasteiger charge is -2.36. The lowest BCUT2D eigenvalue weighted by molar-refractivity contribution is -0.137. The summed E-state index contributed by atoms with van der Waals surface area (Å²) in [6.07, 6.45) is 4.90. The van der Waals surface area contributed by atoms with Gasteiger partial charge in [-0.3, -0.25) is 9.59 Å². The molecule has 2 heterocycles. The monoisotopic (exact) mass is 378 g/mol. The molecule has 0 aromatic heterocycles. The van der Waals surface area contributed by atoms with E-state index < -0.39 is 0 Å². The molecule has 2 atom stereocenters. The van der Waals surface area contributed by atoms with Crippen molar-refractivity contribution in [3.05, 3.63) is 28.8 Å². The van der Waals surface area contributed by atoms with Crippen molar-refractivity contribution >= 4 is 23.4 Å². The second kappa shape index (κ2) is 8.30. The molecule has 3 rings (SSSR count). The van der Waals surface area contributed by atoms with E-state index in [1.54, 1.807) is 23.1 Å². The van der Waals surface area contributed by atoms with E-state index in [-0.39, 0.29) is 17.9 Å². The summed E-state index contributed by atoms with van der Waals surface area (Å²) in [7, 11) is 1.53. The first-order valence-electron chi connectivity index (χ1n) is 9.48. The summed E-state index contributed by atoms with van der Waals surface area (Å²) in [4.78, 5) is 29.9. The molecule has 6 heteroatoms. The molecule has 1 aromatic carbocycles. The molecule has 0 saturated carbocycles. The van der Waals surface area contributed by atoms with Gasteiger partial charge in [0.25, 0.3) is 5.91 Å². The largest absolute Gasteiger partial charge is 0.496 e.